The van der Waals surface area contributed by atoms with Crippen molar-refractivity contribution in [3.63, 3.8) is 0 Å². The van der Waals surface area contributed by atoms with Gasteiger partial charge >= 0.3 is 0 Å². The summed E-state index contributed by atoms with van der Waals surface area (Å²) in [6.45, 7) is 0. The van der Waals surface area contributed by atoms with Crippen molar-refractivity contribution in [2.24, 2.45) is 0 Å². The van der Waals surface area contributed by atoms with Gasteiger partial charge < -0.3 is 9.47 Å². The molecule has 1 fully saturated rings. The Balaban J connectivity index is 1.05. The Bertz CT molecular complexity index is 2930. The van der Waals surface area contributed by atoms with E-state index in [0.717, 1.165) is 12.8 Å². The number of nitrogens with zero attached hydrogens (tertiary/aromatic N) is 2. The molecule has 258 valence electrons. The molecule has 0 saturated carbocycles. The number of allylic oxidation sites excluding steroid dienone is 2. The number of hydrogen-bond acceptors (Lipinski definition) is 3. The molecule has 3 nitrogen and oxygen atoms in total. The second kappa shape index (κ2) is 12.7. The van der Waals surface area contributed by atoms with Crippen LogP contribution in [-0.4, -0.2) is 10.7 Å². The number of hydrogen-bond donors (Lipinski definition) is 1. The topological polar surface area (TPSA) is 20.2 Å². The third kappa shape index (κ3) is 4.98. The molecule has 9 aromatic rings. The molecule has 0 bridgehead atoms. The van der Waals surface area contributed by atoms with Gasteiger partial charge in [-0.25, -0.2) is 0 Å². The molecule has 0 radical (unpaired) electrons. The molecule has 2 aromatic heterocycles. The summed E-state index contributed by atoms with van der Waals surface area (Å²) in [5.74, 6) is 0. The molecular formula is C50H37N3S. The van der Waals surface area contributed by atoms with Gasteiger partial charge in [0.25, 0.3) is 0 Å². The lowest BCUT2D eigenvalue weighted by Crippen LogP contribution is -2.64. The summed E-state index contributed by atoms with van der Waals surface area (Å²) in [5, 5.41) is 9.09. The van der Waals surface area contributed by atoms with Gasteiger partial charge in [-0.3, -0.25) is 5.32 Å². The quantitative estimate of drug-likeness (QED) is 0.185. The van der Waals surface area contributed by atoms with Crippen LogP contribution in [0, 0.1) is 0 Å². The normalized spacial score (nSPS) is 17.0. The van der Waals surface area contributed by atoms with Crippen LogP contribution >= 0.6 is 11.3 Å². The molecule has 1 aliphatic heterocycles. The fraction of sp³-hybridized carbons (Fsp3) is 0.0800. The lowest BCUT2D eigenvalue weighted by molar-refractivity contribution is 0.308. The molecule has 3 heterocycles. The minimum Gasteiger partial charge on any atom is -0.332 e. The molecule has 1 aliphatic carbocycles. The predicted molar refractivity (Wildman–Crippen MR) is 230 cm³/mol. The maximum absolute atomic E-state index is 3.93. The fourth-order valence-electron chi connectivity index (χ4n) is 8.77. The van der Waals surface area contributed by atoms with E-state index in [1.54, 1.807) is 0 Å². The van der Waals surface area contributed by atoms with Gasteiger partial charge in [0.05, 0.1) is 11.0 Å². The number of nitrogens with one attached hydrogen (secondary N) is 1. The van der Waals surface area contributed by atoms with Gasteiger partial charge in [-0.2, -0.15) is 0 Å². The van der Waals surface area contributed by atoms with Crippen molar-refractivity contribution in [1.82, 2.24) is 9.88 Å². The van der Waals surface area contributed by atoms with Crippen molar-refractivity contribution < 1.29 is 0 Å². The summed E-state index contributed by atoms with van der Waals surface area (Å²) in [7, 11) is 0. The number of para-hydroxylation sites is 2. The first-order valence-electron chi connectivity index (χ1n) is 18.9. The summed E-state index contributed by atoms with van der Waals surface area (Å²) in [4.78, 5) is 2.53. The first-order chi connectivity index (χ1) is 26.8. The Kier molecular flexibility index (Phi) is 7.39. The zero-order valence-electron chi connectivity index (χ0n) is 29.7. The number of rotatable bonds is 6. The molecule has 4 heteroatoms. The van der Waals surface area contributed by atoms with E-state index in [9.17, 15) is 0 Å². The van der Waals surface area contributed by atoms with Crippen LogP contribution in [0.4, 0.5) is 5.69 Å². The average Bonchev–Trinajstić information content (AvgIpc) is 3.77. The van der Waals surface area contributed by atoms with E-state index in [-0.39, 0.29) is 12.3 Å². The zero-order valence-corrected chi connectivity index (χ0v) is 30.5. The van der Waals surface area contributed by atoms with E-state index in [1.807, 2.05) is 11.3 Å². The van der Waals surface area contributed by atoms with Crippen LogP contribution in [0.5, 0.6) is 0 Å². The zero-order chi connectivity index (χ0) is 35.6. The molecule has 1 saturated heterocycles. The van der Waals surface area contributed by atoms with Crippen molar-refractivity contribution in [3.8, 4) is 27.9 Å². The number of anilines is 1. The largest absolute Gasteiger partial charge is 0.332 e. The Morgan fingerprint density at radius 3 is 1.94 bits per heavy atom. The average molecular weight is 712 g/mol. The van der Waals surface area contributed by atoms with Crippen LogP contribution in [0.3, 0.4) is 0 Å². The summed E-state index contributed by atoms with van der Waals surface area (Å²) in [5.41, 5.74) is 12.5. The molecule has 11 rings (SSSR count). The second-order valence-electron chi connectivity index (χ2n) is 14.4. The molecule has 54 heavy (non-hydrogen) atoms. The van der Waals surface area contributed by atoms with Gasteiger partial charge in [0.1, 0.15) is 12.3 Å². The minimum atomic E-state index is 0.0589. The molecule has 7 aromatic carbocycles. The highest BCUT2D eigenvalue weighted by Gasteiger charge is 2.40. The number of benzene rings is 7. The summed E-state index contributed by atoms with van der Waals surface area (Å²) >= 11 is 1.91. The molecule has 2 unspecified atom stereocenters. The van der Waals surface area contributed by atoms with Gasteiger partial charge in [0.2, 0.25) is 0 Å². The van der Waals surface area contributed by atoms with Crippen LogP contribution < -0.4 is 10.2 Å². The molecule has 2 aliphatic rings. The van der Waals surface area contributed by atoms with Crippen molar-refractivity contribution in [3.05, 3.63) is 193 Å². The summed E-state index contributed by atoms with van der Waals surface area (Å²) < 4.78 is 5.13. The van der Waals surface area contributed by atoms with Crippen molar-refractivity contribution >= 4 is 59.0 Å². The maximum atomic E-state index is 3.93. The fourth-order valence-corrected chi connectivity index (χ4v) is 10.1. The van der Waals surface area contributed by atoms with Gasteiger partial charge in [0.15, 0.2) is 0 Å². The first kappa shape index (κ1) is 31.3. The van der Waals surface area contributed by atoms with Crippen molar-refractivity contribution in [2.45, 2.75) is 25.2 Å². The SMILES string of the molecule is C1=CC(C2NC(c3cccc(-n4c5ccccc5c5ccc(-c6cccc7c6sc6c(-c8ccccc8)cccc67)cc54)c3)N2c2ccccc2)=CCC1. The molecule has 1 N–H and O–H groups in total. The number of thiophene rings is 1. The van der Waals surface area contributed by atoms with Crippen molar-refractivity contribution in [1.29, 1.82) is 0 Å². The predicted octanol–water partition coefficient (Wildman–Crippen LogP) is 13.2. The highest BCUT2D eigenvalue weighted by atomic mass is 32.1. The monoisotopic (exact) mass is 711 g/mol. The van der Waals surface area contributed by atoms with Crippen LogP contribution in [-0.2, 0) is 0 Å². The van der Waals surface area contributed by atoms with Crippen LogP contribution in [0.1, 0.15) is 24.6 Å². The Morgan fingerprint density at radius 1 is 0.500 bits per heavy atom. The highest BCUT2D eigenvalue weighted by Crippen LogP contribution is 2.45. The van der Waals surface area contributed by atoms with E-state index < -0.39 is 0 Å². The maximum Gasteiger partial charge on any atom is 0.109 e. The number of fused-ring (bicyclic) bond motifs is 6. The molecular weight excluding hydrogens is 675 g/mol. The van der Waals surface area contributed by atoms with Crippen LogP contribution in [0.25, 0.3) is 69.9 Å². The summed E-state index contributed by atoms with van der Waals surface area (Å²) in [6, 6.07) is 60.2. The first-order valence-corrected chi connectivity index (χ1v) is 19.7. The van der Waals surface area contributed by atoms with Gasteiger partial charge in [-0.1, -0.05) is 146 Å². The van der Waals surface area contributed by atoms with Crippen molar-refractivity contribution in [2.75, 3.05) is 4.90 Å². The van der Waals surface area contributed by atoms with Gasteiger partial charge in [-0.05, 0) is 82.6 Å². The standard InChI is InChI=1S/C50H37N3S/c1-4-15-33(16-5-1)39-24-13-26-43-44-27-14-25-40(48(44)54-47(39)43)35-29-30-42-41-23-10-11-28-45(41)52(46(42)32-35)38-22-12-19-36(31-38)50-51-49(34-17-6-2-7-18-34)53(50)37-20-8-3-9-21-37/h1,3-6,8-32,49-51H,2,7H2. The Labute approximate surface area is 318 Å². The van der Waals surface area contributed by atoms with E-state index in [4.69, 9.17) is 0 Å². The summed E-state index contributed by atoms with van der Waals surface area (Å²) in [6.07, 6.45) is 9.39. The van der Waals surface area contributed by atoms with Crippen LogP contribution in [0.2, 0.25) is 0 Å². The van der Waals surface area contributed by atoms with Gasteiger partial charge in [-0.15, -0.1) is 11.3 Å². The van der Waals surface area contributed by atoms with Crippen LogP contribution in [0.15, 0.2) is 188 Å². The van der Waals surface area contributed by atoms with E-state index in [0.29, 0.717) is 0 Å². The highest BCUT2D eigenvalue weighted by molar-refractivity contribution is 7.26. The third-order valence-corrected chi connectivity index (χ3v) is 12.6. The molecule has 2 atom stereocenters. The van der Waals surface area contributed by atoms with E-state index in [2.05, 4.69) is 197 Å². The number of aromatic nitrogens is 1. The Morgan fingerprint density at radius 2 is 1.17 bits per heavy atom. The third-order valence-electron chi connectivity index (χ3n) is 11.3. The smallest absolute Gasteiger partial charge is 0.109 e. The molecule has 0 spiro atoms. The van der Waals surface area contributed by atoms with E-state index >= 15 is 0 Å². The minimum absolute atomic E-state index is 0.0589. The van der Waals surface area contributed by atoms with E-state index in [1.165, 1.54) is 86.7 Å². The lowest BCUT2D eigenvalue weighted by Gasteiger charge is -2.52. The Hall–Kier alpha value is -6.20. The second-order valence-corrected chi connectivity index (χ2v) is 15.4. The van der Waals surface area contributed by atoms with Gasteiger partial charge in [0, 0.05) is 42.3 Å². The lowest BCUT2D eigenvalue weighted by atomic mass is 9.96. The molecule has 0 amide bonds.